The van der Waals surface area contributed by atoms with E-state index >= 15 is 0 Å². The monoisotopic (exact) mass is 396 g/mol. The van der Waals surface area contributed by atoms with Gasteiger partial charge in [-0.25, -0.2) is 9.07 Å². The van der Waals surface area contributed by atoms with Crippen molar-refractivity contribution < 1.29 is 4.39 Å². The van der Waals surface area contributed by atoms with Crippen LogP contribution in [0, 0.1) is 10.6 Å². The molecule has 0 radical (unpaired) electrons. The highest BCUT2D eigenvalue weighted by molar-refractivity contribution is 7.71. The molecule has 2 heterocycles. The van der Waals surface area contributed by atoms with Crippen molar-refractivity contribution in [3.8, 4) is 11.4 Å². The maximum atomic E-state index is 14.1. The summed E-state index contributed by atoms with van der Waals surface area (Å²) >= 11 is 13.1. The molecular formula is C17H18ClFN4S2. The van der Waals surface area contributed by atoms with Crippen LogP contribution in [0.3, 0.4) is 0 Å². The van der Waals surface area contributed by atoms with Gasteiger partial charge in [0.1, 0.15) is 5.82 Å². The molecule has 0 spiro atoms. The number of aromatic nitrogens is 3. The number of thiophene rings is 1. The molecule has 3 aromatic rings. The molecule has 0 atom stereocenters. The van der Waals surface area contributed by atoms with Gasteiger partial charge >= 0.3 is 0 Å². The minimum absolute atomic E-state index is 0.307. The van der Waals surface area contributed by atoms with Gasteiger partial charge in [-0.15, -0.1) is 11.3 Å². The lowest BCUT2D eigenvalue weighted by molar-refractivity contribution is 0.209. The summed E-state index contributed by atoms with van der Waals surface area (Å²) in [6.07, 6.45) is 0. The Hall–Kier alpha value is -1.54. The predicted molar refractivity (Wildman–Crippen MR) is 103 cm³/mol. The molecular weight excluding hydrogens is 379 g/mol. The van der Waals surface area contributed by atoms with E-state index in [1.807, 2.05) is 19.2 Å². The van der Waals surface area contributed by atoms with E-state index in [4.69, 9.17) is 23.8 Å². The van der Waals surface area contributed by atoms with Gasteiger partial charge in [0.05, 0.1) is 16.6 Å². The molecule has 1 aromatic carbocycles. The second-order valence-corrected chi connectivity index (χ2v) is 7.80. The number of halogens is 2. The molecule has 0 amide bonds. The van der Waals surface area contributed by atoms with Crippen molar-refractivity contribution in [1.82, 2.24) is 19.2 Å². The normalized spacial score (nSPS) is 11.4. The number of nitrogens with zero attached hydrogens (tertiary/aromatic N) is 4. The second-order valence-electron chi connectivity index (χ2n) is 5.64. The molecule has 0 saturated heterocycles. The van der Waals surface area contributed by atoms with E-state index in [0.717, 1.165) is 17.4 Å². The van der Waals surface area contributed by atoms with Crippen molar-refractivity contribution in [2.45, 2.75) is 20.1 Å². The van der Waals surface area contributed by atoms with Crippen molar-refractivity contribution in [2.75, 3.05) is 6.54 Å². The Bertz CT molecular complexity index is 931. The molecule has 0 N–H and O–H groups in total. The van der Waals surface area contributed by atoms with Gasteiger partial charge in [0, 0.05) is 18.5 Å². The van der Waals surface area contributed by atoms with Crippen molar-refractivity contribution in [3.63, 3.8) is 0 Å². The molecule has 132 valence electrons. The maximum absolute atomic E-state index is 14.1. The largest absolute Gasteiger partial charge is 0.303 e. The number of hydrogen-bond acceptors (Lipinski definition) is 4. The lowest BCUT2D eigenvalue weighted by atomic mass is 10.2. The van der Waals surface area contributed by atoms with Crippen LogP contribution in [0.4, 0.5) is 4.39 Å². The van der Waals surface area contributed by atoms with Crippen LogP contribution in [-0.4, -0.2) is 25.8 Å². The first kappa shape index (κ1) is 18.3. The molecule has 0 bridgehead atoms. The standard InChI is InChI=1S/C17H18ClFN4S2/c1-3-22(10-12-8-9-15(18)25-12)11-23-17(24)21(2)16(20-23)13-6-4-5-7-14(13)19/h4-9H,3,10-11H2,1-2H3. The Kier molecular flexibility index (Phi) is 5.68. The first-order valence-corrected chi connectivity index (χ1v) is 9.45. The molecule has 0 aliphatic carbocycles. The summed E-state index contributed by atoms with van der Waals surface area (Å²) in [7, 11) is 1.81. The van der Waals surface area contributed by atoms with Crippen LogP contribution in [0.15, 0.2) is 36.4 Å². The van der Waals surface area contributed by atoms with Gasteiger partial charge in [0.25, 0.3) is 0 Å². The summed E-state index contributed by atoms with van der Waals surface area (Å²) < 4.78 is 18.9. The van der Waals surface area contributed by atoms with Crippen LogP contribution in [0.1, 0.15) is 11.8 Å². The molecule has 4 nitrogen and oxygen atoms in total. The van der Waals surface area contributed by atoms with Gasteiger partial charge in [0.2, 0.25) is 0 Å². The minimum atomic E-state index is -0.307. The summed E-state index contributed by atoms with van der Waals surface area (Å²) in [5.74, 6) is 0.219. The van der Waals surface area contributed by atoms with Crippen LogP contribution in [0.25, 0.3) is 11.4 Å². The Balaban J connectivity index is 1.86. The fourth-order valence-corrected chi connectivity index (χ4v) is 3.88. The van der Waals surface area contributed by atoms with Crippen LogP contribution in [-0.2, 0) is 20.3 Å². The second kappa shape index (κ2) is 7.78. The highest BCUT2D eigenvalue weighted by Gasteiger charge is 2.15. The summed E-state index contributed by atoms with van der Waals surface area (Å²) in [6.45, 7) is 4.22. The number of hydrogen-bond donors (Lipinski definition) is 0. The summed E-state index contributed by atoms with van der Waals surface area (Å²) in [4.78, 5) is 3.39. The molecule has 2 aromatic heterocycles. The average Bonchev–Trinajstić information content (AvgIpc) is 3.13. The van der Waals surface area contributed by atoms with Gasteiger partial charge in [0.15, 0.2) is 10.6 Å². The summed E-state index contributed by atoms with van der Waals surface area (Å²) in [5.41, 5.74) is 0.447. The zero-order valence-corrected chi connectivity index (χ0v) is 16.3. The van der Waals surface area contributed by atoms with Crippen LogP contribution < -0.4 is 0 Å². The van der Waals surface area contributed by atoms with E-state index in [2.05, 4.69) is 16.9 Å². The molecule has 0 saturated carbocycles. The average molecular weight is 397 g/mol. The van der Waals surface area contributed by atoms with E-state index in [1.54, 1.807) is 38.8 Å². The third-order valence-electron chi connectivity index (χ3n) is 3.95. The fraction of sp³-hybridized carbons (Fsp3) is 0.294. The topological polar surface area (TPSA) is 26.0 Å². The molecule has 8 heteroatoms. The molecule has 0 unspecified atom stereocenters. The van der Waals surface area contributed by atoms with Gasteiger partial charge in [-0.3, -0.25) is 4.90 Å². The van der Waals surface area contributed by atoms with E-state index in [9.17, 15) is 4.39 Å². The number of rotatable bonds is 6. The van der Waals surface area contributed by atoms with Gasteiger partial charge in [-0.1, -0.05) is 30.7 Å². The lowest BCUT2D eigenvalue weighted by Gasteiger charge is -2.19. The molecule has 25 heavy (non-hydrogen) atoms. The van der Waals surface area contributed by atoms with Crippen LogP contribution in [0.2, 0.25) is 4.34 Å². The Morgan fingerprint density at radius 2 is 2.04 bits per heavy atom. The Morgan fingerprint density at radius 1 is 1.28 bits per heavy atom. The quantitative estimate of drug-likeness (QED) is 0.551. The van der Waals surface area contributed by atoms with Crippen molar-refractivity contribution in [3.05, 3.63) is 56.2 Å². The van der Waals surface area contributed by atoms with Crippen LogP contribution >= 0.6 is 35.2 Å². The van der Waals surface area contributed by atoms with Crippen LogP contribution in [0.5, 0.6) is 0 Å². The van der Waals surface area contributed by atoms with E-state index in [-0.39, 0.29) is 5.82 Å². The SMILES string of the molecule is CCN(Cc1ccc(Cl)s1)Cn1nc(-c2ccccc2F)n(C)c1=S. The highest BCUT2D eigenvalue weighted by Crippen LogP contribution is 2.24. The number of benzene rings is 1. The summed E-state index contributed by atoms with van der Waals surface area (Å²) in [6, 6.07) is 10.5. The van der Waals surface area contributed by atoms with Crippen molar-refractivity contribution in [1.29, 1.82) is 0 Å². The molecule has 0 fully saturated rings. The minimum Gasteiger partial charge on any atom is -0.303 e. The van der Waals surface area contributed by atoms with E-state index in [1.165, 1.54) is 10.9 Å². The zero-order valence-electron chi connectivity index (χ0n) is 13.9. The summed E-state index contributed by atoms with van der Waals surface area (Å²) in [5, 5.41) is 4.55. The lowest BCUT2D eigenvalue weighted by Crippen LogP contribution is -2.26. The molecule has 3 rings (SSSR count). The maximum Gasteiger partial charge on any atom is 0.199 e. The molecule has 0 aliphatic heterocycles. The smallest absolute Gasteiger partial charge is 0.199 e. The van der Waals surface area contributed by atoms with Gasteiger partial charge in [-0.2, -0.15) is 5.10 Å². The van der Waals surface area contributed by atoms with E-state index < -0.39 is 0 Å². The van der Waals surface area contributed by atoms with Gasteiger partial charge in [-0.05, 0) is 43.0 Å². The van der Waals surface area contributed by atoms with Crippen molar-refractivity contribution >= 4 is 35.2 Å². The molecule has 0 aliphatic rings. The first-order valence-electron chi connectivity index (χ1n) is 7.85. The predicted octanol–water partition coefficient (Wildman–Crippen LogP) is 4.95. The highest BCUT2D eigenvalue weighted by atomic mass is 35.5. The van der Waals surface area contributed by atoms with Gasteiger partial charge < -0.3 is 4.57 Å². The Morgan fingerprint density at radius 3 is 2.68 bits per heavy atom. The third kappa shape index (κ3) is 4.00. The van der Waals surface area contributed by atoms with Crippen molar-refractivity contribution in [2.24, 2.45) is 7.05 Å². The zero-order chi connectivity index (χ0) is 18.0. The fourth-order valence-electron chi connectivity index (χ4n) is 2.57. The Labute approximate surface area is 160 Å². The first-order chi connectivity index (χ1) is 12.0. The van der Waals surface area contributed by atoms with E-state index in [0.29, 0.717) is 22.8 Å². The third-order valence-corrected chi connectivity index (χ3v) is 5.65.